The predicted molar refractivity (Wildman–Crippen MR) is 57.9 cm³/mol. The van der Waals surface area contributed by atoms with Crippen molar-refractivity contribution >= 4 is 11.6 Å². The molecule has 5 heteroatoms. The molecular weight excluding hydrogens is 211 g/mol. The summed E-state index contributed by atoms with van der Waals surface area (Å²) < 4.78 is 18.7. The number of primary amides is 1. The molecule has 1 aromatic carbocycles. The first-order chi connectivity index (χ1) is 7.68. The molecule has 2 rings (SSSR count). The number of ether oxygens (including phenoxy) is 1. The monoisotopic (exact) mass is 224 g/mol. The summed E-state index contributed by atoms with van der Waals surface area (Å²) in [5.74, 6) is -1.32. The molecule has 0 radical (unpaired) electrons. The minimum Gasteiger partial charge on any atom is -0.378 e. The van der Waals surface area contributed by atoms with Gasteiger partial charge in [0.15, 0.2) is 0 Å². The van der Waals surface area contributed by atoms with E-state index in [9.17, 15) is 9.18 Å². The fourth-order valence-corrected chi connectivity index (χ4v) is 1.72. The van der Waals surface area contributed by atoms with E-state index in [0.29, 0.717) is 13.2 Å². The van der Waals surface area contributed by atoms with E-state index in [2.05, 4.69) is 0 Å². The number of anilines is 1. The summed E-state index contributed by atoms with van der Waals surface area (Å²) in [4.78, 5) is 12.9. The molecule has 0 aromatic heterocycles. The van der Waals surface area contributed by atoms with Gasteiger partial charge in [0.1, 0.15) is 5.82 Å². The first-order valence-corrected chi connectivity index (χ1v) is 5.10. The Kier molecular flexibility index (Phi) is 3.05. The van der Waals surface area contributed by atoms with Gasteiger partial charge in [-0.05, 0) is 18.2 Å². The Balaban J connectivity index is 2.23. The number of nitrogens with two attached hydrogens (primary N) is 1. The van der Waals surface area contributed by atoms with Gasteiger partial charge in [0.2, 0.25) is 0 Å². The van der Waals surface area contributed by atoms with Crippen LogP contribution in [0.4, 0.5) is 10.1 Å². The van der Waals surface area contributed by atoms with Gasteiger partial charge in [-0.1, -0.05) is 0 Å². The van der Waals surface area contributed by atoms with Crippen LogP contribution in [0.15, 0.2) is 18.2 Å². The van der Waals surface area contributed by atoms with Crippen LogP contribution in [-0.4, -0.2) is 32.2 Å². The minimum atomic E-state index is -0.744. The molecule has 1 heterocycles. The van der Waals surface area contributed by atoms with Crippen molar-refractivity contribution in [2.45, 2.75) is 0 Å². The van der Waals surface area contributed by atoms with E-state index >= 15 is 0 Å². The van der Waals surface area contributed by atoms with Crippen LogP contribution in [0, 0.1) is 5.82 Å². The maximum atomic E-state index is 13.5. The highest BCUT2D eigenvalue weighted by Gasteiger charge is 2.14. The van der Waals surface area contributed by atoms with Crippen LogP contribution >= 0.6 is 0 Å². The highest BCUT2D eigenvalue weighted by Crippen LogP contribution is 2.19. The fraction of sp³-hybridized carbons (Fsp3) is 0.364. The molecule has 2 N–H and O–H groups in total. The Morgan fingerprint density at radius 2 is 2.06 bits per heavy atom. The zero-order valence-corrected chi connectivity index (χ0v) is 8.78. The SMILES string of the molecule is NC(=O)c1ccc(N2CCOCC2)cc1F. The van der Waals surface area contributed by atoms with Crippen molar-refractivity contribution < 1.29 is 13.9 Å². The van der Waals surface area contributed by atoms with Gasteiger partial charge in [0.25, 0.3) is 5.91 Å². The minimum absolute atomic E-state index is 0.0722. The number of amides is 1. The molecule has 1 amide bonds. The van der Waals surface area contributed by atoms with Crippen LogP contribution in [0.25, 0.3) is 0 Å². The van der Waals surface area contributed by atoms with Crippen molar-refractivity contribution in [1.29, 1.82) is 0 Å². The molecular formula is C11H13FN2O2. The van der Waals surface area contributed by atoms with Gasteiger partial charge >= 0.3 is 0 Å². The van der Waals surface area contributed by atoms with E-state index in [0.717, 1.165) is 18.8 Å². The number of carbonyl (C=O) groups is 1. The quantitative estimate of drug-likeness (QED) is 0.807. The fourth-order valence-electron chi connectivity index (χ4n) is 1.72. The molecule has 0 spiro atoms. The third-order valence-electron chi connectivity index (χ3n) is 2.59. The summed E-state index contributed by atoms with van der Waals surface area (Å²) in [6.45, 7) is 2.74. The molecule has 16 heavy (non-hydrogen) atoms. The Morgan fingerprint density at radius 1 is 1.38 bits per heavy atom. The summed E-state index contributed by atoms with van der Waals surface area (Å²) in [5.41, 5.74) is 5.71. The zero-order valence-electron chi connectivity index (χ0n) is 8.78. The highest BCUT2D eigenvalue weighted by molar-refractivity contribution is 5.93. The maximum Gasteiger partial charge on any atom is 0.251 e. The van der Waals surface area contributed by atoms with Crippen molar-refractivity contribution in [3.05, 3.63) is 29.6 Å². The van der Waals surface area contributed by atoms with Gasteiger partial charge in [-0.2, -0.15) is 0 Å². The van der Waals surface area contributed by atoms with E-state index in [1.54, 1.807) is 6.07 Å². The summed E-state index contributed by atoms with van der Waals surface area (Å²) in [6.07, 6.45) is 0. The molecule has 1 aliphatic heterocycles. The first-order valence-electron chi connectivity index (χ1n) is 5.10. The third kappa shape index (κ3) is 2.14. The Morgan fingerprint density at radius 3 is 2.62 bits per heavy atom. The molecule has 4 nitrogen and oxygen atoms in total. The Hall–Kier alpha value is -1.62. The topological polar surface area (TPSA) is 55.6 Å². The number of halogens is 1. The van der Waals surface area contributed by atoms with Gasteiger partial charge in [0.05, 0.1) is 18.8 Å². The van der Waals surface area contributed by atoms with E-state index in [1.807, 2.05) is 4.90 Å². The van der Waals surface area contributed by atoms with Crippen molar-refractivity contribution in [1.82, 2.24) is 0 Å². The van der Waals surface area contributed by atoms with Crippen LogP contribution in [-0.2, 0) is 4.74 Å². The largest absolute Gasteiger partial charge is 0.378 e. The third-order valence-corrected chi connectivity index (χ3v) is 2.59. The zero-order chi connectivity index (χ0) is 11.5. The lowest BCUT2D eigenvalue weighted by molar-refractivity contribution is 0.0996. The van der Waals surface area contributed by atoms with Crippen molar-refractivity contribution in [2.24, 2.45) is 5.73 Å². The van der Waals surface area contributed by atoms with Crippen LogP contribution in [0.3, 0.4) is 0 Å². The van der Waals surface area contributed by atoms with E-state index in [4.69, 9.17) is 10.5 Å². The number of hydrogen-bond donors (Lipinski definition) is 1. The van der Waals surface area contributed by atoms with Crippen molar-refractivity contribution in [3.8, 4) is 0 Å². The predicted octanol–water partition coefficient (Wildman–Crippen LogP) is 0.761. The van der Waals surface area contributed by atoms with E-state index in [-0.39, 0.29) is 5.56 Å². The standard InChI is InChI=1S/C11H13FN2O2/c12-10-7-8(1-2-9(10)11(13)15)14-3-5-16-6-4-14/h1-2,7H,3-6H2,(H2,13,15). The average Bonchev–Trinajstić information content (AvgIpc) is 2.29. The summed E-state index contributed by atoms with van der Waals surface area (Å²) in [5, 5.41) is 0. The van der Waals surface area contributed by atoms with Crippen LogP contribution in [0.5, 0.6) is 0 Å². The molecule has 1 fully saturated rings. The van der Waals surface area contributed by atoms with Gasteiger partial charge in [-0.15, -0.1) is 0 Å². The van der Waals surface area contributed by atoms with Gasteiger partial charge in [-0.3, -0.25) is 4.79 Å². The second-order valence-corrected chi connectivity index (χ2v) is 3.63. The van der Waals surface area contributed by atoms with Gasteiger partial charge in [-0.25, -0.2) is 4.39 Å². The summed E-state index contributed by atoms with van der Waals surface area (Å²) in [6, 6.07) is 4.46. The molecule has 0 bridgehead atoms. The second kappa shape index (κ2) is 4.49. The first kappa shape index (κ1) is 10.9. The molecule has 1 saturated heterocycles. The molecule has 1 aliphatic rings. The second-order valence-electron chi connectivity index (χ2n) is 3.63. The molecule has 86 valence electrons. The summed E-state index contributed by atoms with van der Waals surface area (Å²) >= 11 is 0. The van der Waals surface area contributed by atoms with E-state index in [1.165, 1.54) is 12.1 Å². The molecule has 0 saturated carbocycles. The summed E-state index contributed by atoms with van der Waals surface area (Å²) in [7, 11) is 0. The Bertz CT molecular complexity index is 403. The maximum absolute atomic E-state index is 13.5. The highest BCUT2D eigenvalue weighted by atomic mass is 19.1. The number of nitrogens with zero attached hydrogens (tertiary/aromatic N) is 1. The van der Waals surface area contributed by atoms with Crippen molar-refractivity contribution in [2.75, 3.05) is 31.2 Å². The number of morpholine rings is 1. The Labute approximate surface area is 92.8 Å². The normalized spacial score (nSPS) is 16.2. The lowest BCUT2D eigenvalue weighted by Crippen LogP contribution is -2.36. The lowest BCUT2D eigenvalue weighted by Gasteiger charge is -2.28. The lowest BCUT2D eigenvalue weighted by atomic mass is 10.1. The van der Waals surface area contributed by atoms with E-state index < -0.39 is 11.7 Å². The van der Waals surface area contributed by atoms with Crippen LogP contribution in [0.1, 0.15) is 10.4 Å². The van der Waals surface area contributed by atoms with Crippen molar-refractivity contribution in [3.63, 3.8) is 0 Å². The number of hydrogen-bond acceptors (Lipinski definition) is 3. The molecule has 0 aliphatic carbocycles. The molecule has 0 unspecified atom stereocenters. The molecule has 1 aromatic rings. The van der Waals surface area contributed by atoms with Crippen LogP contribution in [0.2, 0.25) is 0 Å². The number of rotatable bonds is 2. The van der Waals surface area contributed by atoms with Gasteiger partial charge < -0.3 is 15.4 Å². The molecule has 0 atom stereocenters. The van der Waals surface area contributed by atoms with Gasteiger partial charge in [0, 0.05) is 18.8 Å². The smallest absolute Gasteiger partial charge is 0.251 e. The average molecular weight is 224 g/mol. The number of carbonyl (C=O) groups excluding carboxylic acids is 1. The van der Waals surface area contributed by atoms with Crippen LogP contribution < -0.4 is 10.6 Å². The number of benzene rings is 1.